The van der Waals surface area contributed by atoms with E-state index in [9.17, 15) is 8.42 Å². The number of sulfonamides is 1. The lowest BCUT2D eigenvalue weighted by molar-refractivity contribution is 0.198. The molecule has 1 unspecified atom stereocenters. The van der Waals surface area contributed by atoms with Crippen LogP contribution in [0.4, 0.5) is 0 Å². The highest BCUT2D eigenvalue weighted by molar-refractivity contribution is 7.89. The molecular weight excluding hydrogens is 300 g/mol. The van der Waals surface area contributed by atoms with Crippen molar-refractivity contribution in [3.8, 4) is 0 Å². The molecule has 0 spiro atoms. The highest BCUT2D eigenvalue weighted by Gasteiger charge is 2.18. The van der Waals surface area contributed by atoms with Gasteiger partial charge in [-0.05, 0) is 12.1 Å². The first-order valence-corrected chi connectivity index (χ1v) is 7.92. The van der Waals surface area contributed by atoms with Crippen LogP contribution in [-0.4, -0.2) is 39.0 Å². The van der Waals surface area contributed by atoms with Gasteiger partial charge < -0.3 is 4.74 Å². The largest absolute Gasteiger partial charge is 0.383 e. The van der Waals surface area contributed by atoms with E-state index in [0.29, 0.717) is 5.39 Å². The molecule has 0 saturated carbocycles. The van der Waals surface area contributed by atoms with Crippen LogP contribution in [0.2, 0.25) is 0 Å². The number of rotatable bonds is 6. The van der Waals surface area contributed by atoms with E-state index in [1.807, 2.05) is 6.07 Å². The van der Waals surface area contributed by atoms with Gasteiger partial charge in [0, 0.05) is 36.8 Å². The minimum absolute atomic E-state index is 0.110. The molecule has 0 aliphatic rings. The maximum atomic E-state index is 12.3. The second-order valence-electron chi connectivity index (χ2n) is 4.26. The zero-order valence-electron chi connectivity index (χ0n) is 10.9. The van der Waals surface area contributed by atoms with Crippen LogP contribution in [-0.2, 0) is 14.8 Å². The lowest BCUT2D eigenvalue weighted by Crippen LogP contribution is -2.31. The Morgan fingerprint density at radius 1 is 1.40 bits per heavy atom. The van der Waals surface area contributed by atoms with E-state index in [-0.39, 0.29) is 18.0 Å². The molecule has 5 nitrogen and oxygen atoms in total. The zero-order valence-corrected chi connectivity index (χ0v) is 12.5. The summed E-state index contributed by atoms with van der Waals surface area (Å²) < 4.78 is 32.0. The van der Waals surface area contributed by atoms with Crippen molar-refractivity contribution < 1.29 is 13.2 Å². The molecule has 0 fully saturated rings. The second kappa shape index (κ2) is 6.49. The molecule has 0 amide bonds. The van der Waals surface area contributed by atoms with E-state index in [1.165, 1.54) is 7.11 Å². The smallest absolute Gasteiger partial charge is 0.241 e. The highest BCUT2D eigenvalue weighted by atomic mass is 35.5. The summed E-state index contributed by atoms with van der Waals surface area (Å²) in [6, 6.07) is 6.74. The molecule has 20 heavy (non-hydrogen) atoms. The van der Waals surface area contributed by atoms with Crippen molar-refractivity contribution in [3.05, 3.63) is 36.7 Å². The van der Waals surface area contributed by atoms with Crippen molar-refractivity contribution in [1.29, 1.82) is 0 Å². The van der Waals surface area contributed by atoms with Crippen molar-refractivity contribution in [2.24, 2.45) is 0 Å². The van der Waals surface area contributed by atoms with Gasteiger partial charge >= 0.3 is 0 Å². The van der Waals surface area contributed by atoms with Gasteiger partial charge in [0.1, 0.15) is 0 Å². The molecule has 1 aromatic heterocycles. The monoisotopic (exact) mass is 314 g/mol. The average Bonchev–Trinajstić information content (AvgIpc) is 2.45. The predicted octanol–water partition coefficient (Wildman–Crippen LogP) is 1.77. The summed E-state index contributed by atoms with van der Waals surface area (Å²) in [5.74, 6) is 0. The van der Waals surface area contributed by atoms with Crippen molar-refractivity contribution in [1.82, 2.24) is 9.71 Å². The number of halogens is 1. The number of hydrogen-bond acceptors (Lipinski definition) is 4. The Bertz CT molecular complexity index is 686. The van der Waals surface area contributed by atoms with Gasteiger partial charge in [0.05, 0.1) is 16.9 Å². The van der Waals surface area contributed by atoms with Crippen molar-refractivity contribution >= 4 is 32.4 Å². The van der Waals surface area contributed by atoms with E-state index in [2.05, 4.69) is 9.71 Å². The van der Waals surface area contributed by atoms with E-state index in [1.54, 1.807) is 30.6 Å². The molecule has 0 saturated heterocycles. The fraction of sp³-hybridized carbons (Fsp3) is 0.308. The van der Waals surface area contributed by atoms with E-state index < -0.39 is 15.4 Å². The fourth-order valence-corrected chi connectivity index (χ4v) is 3.45. The number of hydrogen-bond donors (Lipinski definition) is 1. The first kappa shape index (κ1) is 15.2. The summed E-state index contributed by atoms with van der Waals surface area (Å²) in [5, 5.41) is 0.994. The number of nitrogens with one attached hydrogen (secondary N) is 1. The van der Waals surface area contributed by atoms with Crippen LogP contribution in [0.5, 0.6) is 0 Å². The number of pyridine rings is 1. The standard InChI is InChI=1S/C13H15ClN2O3S/c1-19-9-11(14)8-16-20(17,18)13-4-2-3-10-7-15-6-5-12(10)13/h2-7,11,16H,8-9H2,1H3. The predicted molar refractivity (Wildman–Crippen MR) is 78.4 cm³/mol. The fourth-order valence-electron chi connectivity index (χ4n) is 1.84. The van der Waals surface area contributed by atoms with Crippen LogP contribution in [0.3, 0.4) is 0 Å². The van der Waals surface area contributed by atoms with Crippen LogP contribution in [0, 0.1) is 0 Å². The van der Waals surface area contributed by atoms with Crippen molar-refractivity contribution in [3.63, 3.8) is 0 Å². The topological polar surface area (TPSA) is 68.3 Å². The Labute approximate surface area is 123 Å². The normalized spacial score (nSPS) is 13.5. The van der Waals surface area contributed by atoms with Crippen molar-refractivity contribution in [2.45, 2.75) is 10.3 Å². The lowest BCUT2D eigenvalue weighted by Gasteiger charge is -2.12. The summed E-state index contributed by atoms with van der Waals surface area (Å²) >= 11 is 5.93. The minimum atomic E-state index is -3.62. The zero-order chi connectivity index (χ0) is 14.6. The third-order valence-electron chi connectivity index (χ3n) is 2.77. The Morgan fingerprint density at radius 3 is 2.95 bits per heavy atom. The minimum Gasteiger partial charge on any atom is -0.383 e. The van der Waals surface area contributed by atoms with Gasteiger partial charge in [-0.1, -0.05) is 12.1 Å². The molecule has 2 rings (SSSR count). The van der Waals surface area contributed by atoms with Gasteiger partial charge in [0.15, 0.2) is 0 Å². The molecule has 2 aromatic rings. The van der Waals surface area contributed by atoms with Crippen LogP contribution >= 0.6 is 11.6 Å². The first-order valence-electron chi connectivity index (χ1n) is 6.00. The molecule has 108 valence electrons. The molecule has 1 heterocycles. The lowest BCUT2D eigenvalue weighted by atomic mass is 10.2. The SMILES string of the molecule is COCC(Cl)CNS(=O)(=O)c1cccc2cnccc12. The van der Waals surface area contributed by atoms with Gasteiger partial charge in [-0.2, -0.15) is 0 Å². The molecule has 0 aliphatic carbocycles. The van der Waals surface area contributed by atoms with Gasteiger partial charge in [-0.25, -0.2) is 13.1 Å². The maximum absolute atomic E-state index is 12.3. The van der Waals surface area contributed by atoms with E-state index >= 15 is 0 Å². The Hall–Kier alpha value is -1.21. The molecule has 0 bridgehead atoms. The molecule has 0 aliphatic heterocycles. The van der Waals surface area contributed by atoms with Crippen molar-refractivity contribution in [2.75, 3.05) is 20.3 Å². The number of aromatic nitrogens is 1. The summed E-state index contributed by atoms with van der Waals surface area (Å²) in [6.45, 7) is 0.392. The number of alkyl halides is 1. The average molecular weight is 315 g/mol. The van der Waals surface area contributed by atoms with Crippen LogP contribution in [0.15, 0.2) is 41.6 Å². The third-order valence-corrected chi connectivity index (χ3v) is 4.53. The van der Waals surface area contributed by atoms with E-state index in [0.717, 1.165) is 5.39 Å². The molecule has 1 aromatic carbocycles. The van der Waals surface area contributed by atoms with Gasteiger partial charge in [0.25, 0.3) is 0 Å². The molecule has 7 heteroatoms. The molecule has 0 radical (unpaired) electrons. The van der Waals surface area contributed by atoms with Gasteiger partial charge in [0.2, 0.25) is 10.0 Å². The Balaban J connectivity index is 2.28. The van der Waals surface area contributed by atoms with Crippen LogP contribution in [0.25, 0.3) is 10.8 Å². The summed E-state index contributed by atoms with van der Waals surface area (Å²) in [7, 11) is -2.10. The van der Waals surface area contributed by atoms with Crippen LogP contribution in [0.1, 0.15) is 0 Å². The summed E-state index contributed by atoms with van der Waals surface area (Å²) in [6.07, 6.45) is 3.19. The van der Waals surface area contributed by atoms with Crippen LogP contribution < -0.4 is 4.72 Å². The number of fused-ring (bicyclic) bond motifs is 1. The third kappa shape index (κ3) is 3.46. The maximum Gasteiger partial charge on any atom is 0.241 e. The quantitative estimate of drug-likeness (QED) is 0.825. The molecule has 1 atom stereocenters. The van der Waals surface area contributed by atoms with Gasteiger partial charge in [-0.15, -0.1) is 11.6 Å². The Kier molecular flexibility index (Phi) is 4.93. The van der Waals surface area contributed by atoms with Gasteiger partial charge in [-0.3, -0.25) is 4.98 Å². The summed E-state index contributed by atoms with van der Waals surface area (Å²) in [5.41, 5.74) is 0. The molecule has 1 N–H and O–H groups in total. The molecular formula is C13H15ClN2O3S. The summed E-state index contributed by atoms with van der Waals surface area (Å²) in [4.78, 5) is 4.20. The number of nitrogens with zero attached hydrogens (tertiary/aromatic N) is 1. The van der Waals surface area contributed by atoms with E-state index in [4.69, 9.17) is 16.3 Å². The Morgan fingerprint density at radius 2 is 2.20 bits per heavy atom. The second-order valence-corrected chi connectivity index (χ2v) is 6.61. The number of methoxy groups -OCH3 is 1. The highest BCUT2D eigenvalue weighted by Crippen LogP contribution is 2.21. The number of benzene rings is 1. The first-order chi connectivity index (χ1) is 9.54. The number of ether oxygens (including phenoxy) is 1.